The van der Waals surface area contributed by atoms with E-state index in [1.165, 1.54) is 0 Å². The summed E-state index contributed by atoms with van der Waals surface area (Å²) >= 11 is 12.0. The predicted octanol–water partition coefficient (Wildman–Crippen LogP) is 4.50. The van der Waals surface area contributed by atoms with Gasteiger partial charge in [0.1, 0.15) is 0 Å². The third kappa shape index (κ3) is 2.25. The largest absolute Gasteiger partial charge is 0.354 e. The summed E-state index contributed by atoms with van der Waals surface area (Å²) in [4.78, 5) is 15.4. The molecule has 0 amide bonds. The molecule has 0 atom stereocenters. The second kappa shape index (κ2) is 4.72. The van der Waals surface area contributed by atoms with Gasteiger partial charge in [-0.2, -0.15) is 0 Å². The first-order valence-electron chi connectivity index (χ1n) is 5.72. The Balaban J connectivity index is 2.34. The summed E-state index contributed by atoms with van der Waals surface area (Å²) in [5.74, 6) is 0. The van der Waals surface area contributed by atoms with Gasteiger partial charge in [0.2, 0.25) is 0 Å². The van der Waals surface area contributed by atoms with Gasteiger partial charge in [0.15, 0.2) is 5.43 Å². The number of nitrogens with one attached hydrogen (secondary N) is 1. The van der Waals surface area contributed by atoms with E-state index in [1.807, 2.05) is 30.3 Å². The van der Waals surface area contributed by atoms with Gasteiger partial charge >= 0.3 is 0 Å². The molecule has 0 saturated heterocycles. The molecule has 0 saturated carbocycles. The molecular weight excluding hydrogens is 281 g/mol. The van der Waals surface area contributed by atoms with Crippen LogP contribution in [0.15, 0.2) is 53.3 Å². The van der Waals surface area contributed by atoms with E-state index in [9.17, 15) is 4.79 Å². The summed E-state index contributed by atoms with van der Waals surface area (Å²) in [5.41, 5.74) is 2.21. The van der Waals surface area contributed by atoms with Gasteiger partial charge in [0, 0.05) is 16.8 Å². The molecule has 0 aliphatic heterocycles. The first-order chi connectivity index (χ1) is 9.15. The third-order valence-corrected chi connectivity index (χ3v) is 3.45. The molecule has 3 aromatic rings. The van der Waals surface area contributed by atoms with Gasteiger partial charge in [-0.3, -0.25) is 4.79 Å². The summed E-state index contributed by atoms with van der Waals surface area (Å²) in [7, 11) is 0. The molecule has 0 fully saturated rings. The normalized spacial score (nSPS) is 10.8. The molecule has 4 heteroatoms. The molecule has 0 aliphatic rings. The van der Waals surface area contributed by atoms with Crippen LogP contribution in [0.4, 0.5) is 0 Å². The number of fused-ring (bicyclic) bond motifs is 1. The highest BCUT2D eigenvalue weighted by Crippen LogP contribution is 2.26. The second-order valence-electron chi connectivity index (χ2n) is 4.22. The first kappa shape index (κ1) is 12.3. The van der Waals surface area contributed by atoms with Gasteiger partial charge in [0.25, 0.3) is 0 Å². The molecule has 1 heterocycles. The fourth-order valence-corrected chi connectivity index (χ4v) is 2.67. The molecule has 0 unspecified atom stereocenters. The molecular formula is C15H9Cl2NO. The molecule has 2 aromatic carbocycles. The van der Waals surface area contributed by atoms with Crippen LogP contribution in [0.3, 0.4) is 0 Å². The first-order valence-corrected chi connectivity index (χ1v) is 6.48. The minimum atomic E-state index is -0.116. The number of hydrogen-bond donors (Lipinski definition) is 1. The van der Waals surface area contributed by atoms with E-state index in [0.717, 1.165) is 11.3 Å². The molecule has 2 nitrogen and oxygen atoms in total. The van der Waals surface area contributed by atoms with Crippen molar-refractivity contribution >= 4 is 34.1 Å². The lowest BCUT2D eigenvalue weighted by Crippen LogP contribution is -2.03. The van der Waals surface area contributed by atoms with Crippen molar-refractivity contribution < 1.29 is 0 Å². The number of aromatic amines is 1. The average Bonchev–Trinajstić information content (AvgIpc) is 2.38. The van der Waals surface area contributed by atoms with Gasteiger partial charge in [-0.25, -0.2) is 0 Å². The molecule has 0 aliphatic carbocycles. The highest BCUT2D eigenvalue weighted by Gasteiger charge is 2.08. The van der Waals surface area contributed by atoms with Crippen LogP contribution in [0.2, 0.25) is 10.0 Å². The van der Waals surface area contributed by atoms with Gasteiger partial charge in [-0.1, -0.05) is 53.5 Å². The Morgan fingerprint density at radius 2 is 1.68 bits per heavy atom. The highest BCUT2D eigenvalue weighted by molar-refractivity contribution is 6.38. The minimum Gasteiger partial charge on any atom is -0.354 e. The average molecular weight is 290 g/mol. The van der Waals surface area contributed by atoms with Gasteiger partial charge in [-0.15, -0.1) is 0 Å². The zero-order valence-corrected chi connectivity index (χ0v) is 11.3. The van der Waals surface area contributed by atoms with Crippen molar-refractivity contribution in [3.8, 4) is 11.3 Å². The van der Waals surface area contributed by atoms with E-state index < -0.39 is 0 Å². The maximum Gasteiger partial charge on any atom is 0.191 e. The Morgan fingerprint density at radius 3 is 2.42 bits per heavy atom. The van der Waals surface area contributed by atoms with E-state index in [4.69, 9.17) is 23.2 Å². The summed E-state index contributed by atoms with van der Waals surface area (Å²) in [6.07, 6.45) is 0. The number of benzene rings is 2. The summed E-state index contributed by atoms with van der Waals surface area (Å²) in [6.45, 7) is 0. The zero-order chi connectivity index (χ0) is 13.4. The van der Waals surface area contributed by atoms with Crippen molar-refractivity contribution in [1.29, 1.82) is 0 Å². The van der Waals surface area contributed by atoms with E-state index in [-0.39, 0.29) is 5.43 Å². The van der Waals surface area contributed by atoms with E-state index in [2.05, 4.69) is 4.98 Å². The predicted molar refractivity (Wildman–Crippen MR) is 80.0 cm³/mol. The van der Waals surface area contributed by atoms with Crippen LogP contribution in [0, 0.1) is 0 Å². The maximum absolute atomic E-state index is 12.2. The van der Waals surface area contributed by atoms with Crippen molar-refractivity contribution in [2.24, 2.45) is 0 Å². The number of aromatic nitrogens is 1. The van der Waals surface area contributed by atoms with Crippen LogP contribution < -0.4 is 5.43 Å². The van der Waals surface area contributed by atoms with Crippen LogP contribution in [0.5, 0.6) is 0 Å². The second-order valence-corrected chi connectivity index (χ2v) is 5.07. The van der Waals surface area contributed by atoms with Crippen LogP contribution in [0.1, 0.15) is 0 Å². The summed E-state index contributed by atoms with van der Waals surface area (Å²) in [5, 5.41) is 1.33. The highest BCUT2D eigenvalue weighted by atomic mass is 35.5. The van der Waals surface area contributed by atoms with Gasteiger partial charge < -0.3 is 4.98 Å². The summed E-state index contributed by atoms with van der Waals surface area (Å²) < 4.78 is 0. The standard InChI is InChI=1S/C15H9Cl2NO/c16-10-6-11(17)15-13(7-10)18-12(8-14(15)19)9-4-2-1-3-5-9/h1-8H,(H,18,19). The van der Waals surface area contributed by atoms with Crippen LogP contribution >= 0.6 is 23.2 Å². The fourth-order valence-electron chi connectivity index (χ4n) is 2.08. The monoisotopic (exact) mass is 289 g/mol. The topological polar surface area (TPSA) is 32.9 Å². The van der Waals surface area contributed by atoms with Crippen LogP contribution in [-0.4, -0.2) is 4.98 Å². The quantitative estimate of drug-likeness (QED) is 0.703. The summed E-state index contributed by atoms with van der Waals surface area (Å²) in [6, 6.07) is 14.5. The number of H-pyrrole nitrogens is 1. The van der Waals surface area contributed by atoms with E-state index in [1.54, 1.807) is 18.2 Å². The van der Waals surface area contributed by atoms with Gasteiger partial charge in [0.05, 0.1) is 15.9 Å². The Labute approximate surface area is 119 Å². The Hall–Kier alpha value is -1.77. The Kier molecular flexibility index (Phi) is 3.05. The molecule has 1 N–H and O–H groups in total. The van der Waals surface area contributed by atoms with Crippen LogP contribution in [-0.2, 0) is 0 Å². The minimum absolute atomic E-state index is 0.116. The Morgan fingerprint density at radius 1 is 0.947 bits per heavy atom. The van der Waals surface area contributed by atoms with Crippen molar-refractivity contribution in [2.45, 2.75) is 0 Å². The number of halogens is 2. The molecule has 0 bridgehead atoms. The Bertz CT molecular complexity index is 809. The third-order valence-electron chi connectivity index (χ3n) is 2.93. The lowest BCUT2D eigenvalue weighted by Gasteiger charge is -2.06. The van der Waals surface area contributed by atoms with E-state index >= 15 is 0 Å². The lowest BCUT2D eigenvalue weighted by molar-refractivity contribution is 1.38. The number of rotatable bonds is 1. The fraction of sp³-hybridized carbons (Fsp3) is 0. The molecule has 3 rings (SSSR count). The van der Waals surface area contributed by atoms with Gasteiger partial charge in [-0.05, 0) is 17.7 Å². The lowest BCUT2D eigenvalue weighted by atomic mass is 10.1. The van der Waals surface area contributed by atoms with Crippen molar-refractivity contribution in [3.05, 3.63) is 68.8 Å². The zero-order valence-electron chi connectivity index (χ0n) is 9.78. The maximum atomic E-state index is 12.2. The number of hydrogen-bond acceptors (Lipinski definition) is 1. The van der Waals surface area contributed by atoms with Crippen molar-refractivity contribution in [2.75, 3.05) is 0 Å². The van der Waals surface area contributed by atoms with Crippen molar-refractivity contribution in [3.63, 3.8) is 0 Å². The number of pyridine rings is 1. The van der Waals surface area contributed by atoms with E-state index in [0.29, 0.717) is 20.9 Å². The SMILES string of the molecule is O=c1cc(-c2ccccc2)[nH]c2cc(Cl)cc(Cl)c12. The molecule has 94 valence electrons. The molecule has 0 spiro atoms. The molecule has 19 heavy (non-hydrogen) atoms. The van der Waals surface area contributed by atoms with Crippen molar-refractivity contribution in [1.82, 2.24) is 4.98 Å². The van der Waals surface area contributed by atoms with Crippen LogP contribution in [0.25, 0.3) is 22.2 Å². The molecule has 0 radical (unpaired) electrons. The molecule has 1 aromatic heterocycles. The smallest absolute Gasteiger partial charge is 0.191 e.